The molecule has 1 nitrogen and oxygen atoms in total. The summed E-state index contributed by atoms with van der Waals surface area (Å²) in [5, 5.41) is 0. The Morgan fingerprint density at radius 1 is 1.36 bits per heavy atom. The minimum absolute atomic E-state index is 0. The molecule has 0 spiro atoms. The van der Waals surface area contributed by atoms with Crippen LogP contribution in [0.15, 0.2) is 37.1 Å². The second-order valence-electron chi connectivity index (χ2n) is 6.02. The molecular formula is C18H28Cl2CrN. The van der Waals surface area contributed by atoms with Crippen molar-refractivity contribution in [2.45, 2.75) is 51.9 Å². The van der Waals surface area contributed by atoms with Gasteiger partial charge in [-0.1, -0.05) is 31.9 Å². The minimum atomic E-state index is -0.181. The standard InChI is InChI=1S/C17H25N.CH3.2ClH.Cr/c1-3-4-12-17(2,15-9-5-6-10-15)14-16-11-7-8-13-18-16;;;;/h3,7-8,11,13,15H,1,4-6,9-10,12,14H2,2H3;1H3;2*1H;/q;-1;;;+3/p-2. The van der Waals surface area contributed by atoms with E-state index in [9.17, 15) is 0 Å². The summed E-state index contributed by atoms with van der Waals surface area (Å²) in [6.07, 6.45) is 13.1. The molecule has 2 rings (SSSR count). The van der Waals surface area contributed by atoms with E-state index < -0.39 is 0 Å². The molecule has 0 saturated heterocycles. The monoisotopic (exact) mass is 380 g/mol. The molecule has 1 aromatic heterocycles. The van der Waals surface area contributed by atoms with E-state index in [0.29, 0.717) is 5.41 Å². The van der Waals surface area contributed by atoms with E-state index in [-0.39, 0.29) is 20.8 Å². The van der Waals surface area contributed by atoms with Gasteiger partial charge in [0.25, 0.3) is 0 Å². The van der Waals surface area contributed by atoms with E-state index in [1.165, 1.54) is 37.8 Å². The molecule has 1 aliphatic carbocycles. The van der Waals surface area contributed by atoms with Crippen molar-refractivity contribution < 1.29 is 13.4 Å². The maximum atomic E-state index is 4.83. The Labute approximate surface area is 151 Å². The summed E-state index contributed by atoms with van der Waals surface area (Å²) in [5.74, 6) is 0.874. The first-order valence-corrected chi connectivity index (χ1v) is 11.1. The van der Waals surface area contributed by atoms with Crippen molar-refractivity contribution in [1.82, 2.24) is 4.98 Å². The van der Waals surface area contributed by atoms with Gasteiger partial charge in [0.2, 0.25) is 0 Å². The van der Waals surface area contributed by atoms with Crippen LogP contribution < -0.4 is 0 Å². The van der Waals surface area contributed by atoms with Gasteiger partial charge < -0.3 is 7.43 Å². The number of aromatic nitrogens is 1. The van der Waals surface area contributed by atoms with E-state index in [4.69, 9.17) is 20.1 Å². The van der Waals surface area contributed by atoms with Crippen molar-refractivity contribution >= 4 is 20.1 Å². The zero-order chi connectivity index (χ0) is 15.6. The van der Waals surface area contributed by atoms with E-state index >= 15 is 0 Å². The third-order valence-corrected chi connectivity index (χ3v) is 4.57. The van der Waals surface area contributed by atoms with Gasteiger partial charge >= 0.3 is 33.5 Å². The fourth-order valence-corrected chi connectivity index (χ4v) is 3.41. The summed E-state index contributed by atoms with van der Waals surface area (Å²) >= 11 is -0.181. The van der Waals surface area contributed by atoms with Gasteiger partial charge in [-0.3, -0.25) is 4.98 Å². The number of halogens is 2. The quantitative estimate of drug-likeness (QED) is 0.399. The van der Waals surface area contributed by atoms with Crippen molar-refractivity contribution in [3.05, 3.63) is 50.2 Å². The molecule has 0 bridgehead atoms. The molecule has 1 heterocycles. The Bertz CT molecular complexity index is 393. The molecule has 1 aromatic rings. The molecule has 0 amide bonds. The van der Waals surface area contributed by atoms with Gasteiger partial charge in [0.1, 0.15) is 0 Å². The number of hydrogen-bond donors (Lipinski definition) is 0. The second kappa shape index (κ2) is 12.4. The summed E-state index contributed by atoms with van der Waals surface area (Å²) in [6.45, 7) is 6.34. The number of hydrogen-bond acceptors (Lipinski definition) is 1. The SMILES string of the molecule is C=CCCC(C)(Cc1ccccn1)C1CCCC1.[CH3-].[Cl][Cr+][Cl]. The predicted molar refractivity (Wildman–Crippen MR) is 95.6 cm³/mol. The van der Waals surface area contributed by atoms with Crippen LogP contribution in [0.5, 0.6) is 0 Å². The molecular weight excluding hydrogens is 353 g/mol. The Morgan fingerprint density at radius 2 is 2.00 bits per heavy atom. The molecule has 0 N–H and O–H groups in total. The Balaban J connectivity index is 0.00000102. The number of pyridine rings is 1. The number of nitrogens with zero attached hydrogens (tertiary/aromatic N) is 1. The molecule has 1 saturated carbocycles. The number of rotatable bonds is 6. The van der Waals surface area contributed by atoms with Crippen molar-refractivity contribution in [3.8, 4) is 0 Å². The molecule has 1 aliphatic rings. The first-order valence-electron chi connectivity index (χ1n) is 7.56. The molecule has 1 unspecified atom stereocenters. The molecule has 22 heavy (non-hydrogen) atoms. The Kier molecular flexibility index (Phi) is 12.4. The summed E-state index contributed by atoms with van der Waals surface area (Å²) in [4.78, 5) is 4.52. The summed E-state index contributed by atoms with van der Waals surface area (Å²) in [5.41, 5.74) is 1.65. The molecule has 125 valence electrons. The van der Waals surface area contributed by atoms with Crippen molar-refractivity contribution in [3.63, 3.8) is 0 Å². The molecule has 0 aliphatic heterocycles. The average molecular weight is 381 g/mol. The van der Waals surface area contributed by atoms with Gasteiger partial charge in [-0.2, -0.15) is 0 Å². The van der Waals surface area contributed by atoms with Crippen molar-refractivity contribution in [1.29, 1.82) is 0 Å². The Hall–Kier alpha value is 0.00247. The van der Waals surface area contributed by atoms with Gasteiger partial charge in [0, 0.05) is 11.9 Å². The summed E-state index contributed by atoms with van der Waals surface area (Å²) in [6, 6.07) is 6.27. The van der Waals surface area contributed by atoms with Crippen LogP contribution in [0.3, 0.4) is 0 Å². The first kappa shape index (κ1) is 22.0. The fourth-order valence-electron chi connectivity index (χ4n) is 3.41. The predicted octanol–water partition coefficient (Wildman–Crippen LogP) is 6.61. The third-order valence-electron chi connectivity index (χ3n) is 4.57. The van der Waals surface area contributed by atoms with Crippen LogP contribution in [0.4, 0.5) is 0 Å². The maximum absolute atomic E-state index is 4.83. The van der Waals surface area contributed by atoms with Crippen LogP contribution in [-0.4, -0.2) is 4.98 Å². The van der Waals surface area contributed by atoms with Gasteiger partial charge in [-0.25, -0.2) is 0 Å². The topological polar surface area (TPSA) is 12.9 Å². The van der Waals surface area contributed by atoms with E-state index in [0.717, 1.165) is 18.8 Å². The third kappa shape index (κ3) is 7.51. The van der Waals surface area contributed by atoms with Crippen LogP contribution in [-0.2, 0) is 19.8 Å². The first-order chi connectivity index (χ1) is 10.2. The number of allylic oxidation sites excluding steroid dienone is 1. The van der Waals surface area contributed by atoms with Crippen molar-refractivity contribution in [2.24, 2.45) is 11.3 Å². The zero-order valence-corrected chi connectivity index (χ0v) is 16.5. The summed E-state index contributed by atoms with van der Waals surface area (Å²) < 4.78 is 0. The second-order valence-corrected chi connectivity index (χ2v) is 8.12. The summed E-state index contributed by atoms with van der Waals surface area (Å²) in [7, 11) is 9.65. The van der Waals surface area contributed by atoms with Crippen LogP contribution in [0.2, 0.25) is 0 Å². The van der Waals surface area contributed by atoms with Crippen molar-refractivity contribution in [2.75, 3.05) is 0 Å². The van der Waals surface area contributed by atoms with Crippen LogP contribution in [0, 0.1) is 18.8 Å². The van der Waals surface area contributed by atoms with E-state index in [1.54, 1.807) is 0 Å². The van der Waals surface area contributed by atoms with Crippen LogP contribution in [0.1, 0.15) is 51.1 Å². The fraction of sp³-hybridized carbons (Fsp3) is 0.556. The van der Waals surface area contributed by atoms with Gasteiger partial charge in [-0.15, -0.1) is 6.58 Å². The molecule has 1 atom stereocenters. The molecule has 0 aromatic carbocycles. The Morgan fingerprint density at radius 3 is 2.50 bits per heavy atom. The van der Waals surface area contributed by atoms with Gasteiger partial charge in [0.05, 0.1) is 0 Å². The van der Waals surface area contributed by atoms with Gasteiger partial charge in [-0.05, 0) is 55.6 Å². The normalized spacial score (nSPS) is 16.7. The molecule has 1 fully saturated rings. The molecule has 4 heteroatoms. The van der Waals surface area contributed by atoms with E-state index in [1.807, 2.05) is 12.3 Å². The van der Waals surface area contributed by atoms with E-state index in [2.05, 4.69) is 36.7 Å². The van der Waals surface area contributed by atoms with Crippen LogP contribution in [0.25, 0.3) is 0 Å². The zero-order valence-electron chi connectivity index (χ0n) is 13.7. The van der Waals surface area contributed by atoms with Crippen LogP contribution >= 0.6 is 20.1 Å². The average Bonchev–Trinajstić information content (AvgIpc) is 3.02. The van der Waals surface area contributed by atoms with Gasteiger partial charge in [0.15, 0.2) is 0 Å². The molecule has 0 radical (unpaired) electrons.